The van der Waals surface area contributed by atoms with Crippen LogP contribution in [0, 0.1) is 5.92 Å². The second kappa shape index (κ2) is 7.63. The predicted octanol–water partition coefficient (Wildman–Crippen LogP) is 1.51. The smallest absolute Gasteiger partial charge is 0.240 e. The van der Waals surface area contributed by atoms with E-state index in [4.69, 9.17) is 0 Å². The summed E-state index contributed by atoms with van der Waals surface area (Å²) in [5, 5.41) is 0. The van der Waals surface area contributed by atoms with Gasteiger partial charge in [-0.2, -0.15) is 0 Å². The number of benzene rings is 1. The summed E-state index contributed by atoms with van der Waals surface area (Å²) in [4.78, 5) is 24.9. The Hall–Kier alpha value is -2.52. The molecule has 1 N–H and O–H groups in total. The van der Waals surface area contributed by atoms with Crippen molar-refractivity contribution in [3.8, 4) is 0 Å². The highest BCUT2D eigenvalue weighted by atomic mass is 32.2. The molecule has 30 heavy (non-hydrogen) atoms. The van der Waals surface area contributed by atoms with E-state index < -0.39 is 10.0 Å². The third-order valence-corrected chi connectivity index (χ3v) is 7.75. The van der Waals surface area contributed by atoms with E-state index in [0.717, 1.165) is 55.1 Å². The molecule has 2 aromatic rings. The van der Waals surface area contributed by atoms with Gasteiger partial charge < -0.3 is 9.80 Å². The van der Waals surface area contributed by atoms with Gasteiger partial charge in [0.15, 0.2) is 0 Å². The summed E-state index contributed by atoms with van der Waals surface area (Å²) < 4.78 is 28.8. The van der Waals surface area contributed by atoms with Gasteiger partial charge in [-0.25, -0.2) is 23.1 Å². The molecule has 1 saturated heterocycles. The van der Waals surface area contributed by atoms with Crippen molar-refractivity contribution in [3.63, 3.8) is 0 Å². The Morgan fingerprint density at radius 3 is 2.43 bits per heavy atom. The molecule has 9 heteroatoms. The minimum absolute atomic E-state index is 0.141. The number of aromatic nitrogens is 2. The van der Waals surface area contributed by atoms with Gasteiger partial charge in [-0.15, -0.1) is 0 Å². The van der Waals surface area contributed by atoms with Crippen LogP contribution in [0.25, 0.3) is 0 Å². The number of piperidine rings is 1. The lowest BCUT2D eigenvalue weighted by molar-refractivity contribution is -0.118. The Morgan fingerprint density at radius 1 is 1.00 bits per heavy atom. The molecule has 3 aliphatic rings. The van der Waals surface area contributed by atoms with Gasteiger partial charge in [0.05, 0.1) is 10.6 Å². The van der Waals surface area contributed by atoms with Crippen LogP contribution in [0.5, 0.6) is 0 Å². The number of carbonyl (C=O) groups excluding carboxylic acids is 1. The van der Waals surface area contributed by atoms with Gasteiger partial charge in [0.1, 0.15) is 0 Å². The van der Waals surface area contributed by atoms with E-state index >= 15 is 0 Å². The summed E-state index contributed by atoms with van der Waals surface area (Å²) in [6.45, 7) is 2.73. The Morgan fingerprint density at radius 2 is 1.70 bits per heavy atom. The molecule has 1 fully saturated rings. The minimum atomic E-state index is -3.58. The van der Waals surface area contributed by atoms with Crippen molar-refractivity contribution in [1.29, 1.82) is 0 Å². The number of rotatable bonds is 5. The topological polar surface area (TPSA) is 95.5 Å². The van der Waals surface area contributed by atoms with Crippen molar-refractivity contribution in [1.82, 2.24) is 14.7 Å². The Bertz CT molecular complexity index is 1070. The number of nitrogens with one attached hydrogen (secondary N) is 1. The first-order chi connectivity index (χ1) is 14.5. The number of sulfonamides is 1. The summed E-state index contributed by atoms with van der Waals surface area (Å²) >= 11 is 0. The molecule has 1 amide bonds. The van der Waals surface area contributed by atoms with Crippen molar-refractivity contribution in [2.75, 3.05) is 36.0 Å². The molecule has 0 saturated carbocycles. The zero-order chi connectivity index (χ0) is 20.7. The highest BCUT2D eigenvalue weighted by molar-refractivity contribution is 7.89. The third-order valence-electron chi connectivity index (χ3n) is 6.35. The van der Waals surface area contributed by atoms with Crippen LogP contribution < -0.4 is 14.5 Å². The second-order valence-electron chi connectivity index (χ2n) is 8.22. The summed E-state index contributed by atoms with van der Waals surface area (Å²) in [5.41, 5.74) is 2.89. The Kier molecular flexibility index (Phi) is 4.94. The third kappa shape index (κ3) is 3.56. The first-order valence-corrected chi connectivity index (χ1v) is 12.0. The fourth-order valence-corrected chi connectivity index (χ4v) is 5.90. The molecule has 1 aromatic carbocycles. The fraction of sp³-hybridized carbons (Fsp3) is 0.476. The maximum atomic E-state index is 13.0. The van der Waals surface area contributed by atoms with E-state index in [1.54, 1.807) is 30.6 Å². The molecule has 5 rings (SSSR count). The number of hydrogen-bond acceptors (Lipinski definition) is 6. The van der Waals surface area contributed by atoms with Gasteiger partial charge in [0, 0.05) is 45.0 Å². The van der Waals surface area contributed by atoms with Crippen molar-refractivity contribution < 1.29 is 13.2 Å². The molecule has 0 radical (unpaired) electrons. The molecular formula is C21H25N5O3S. The maximum absolute atomic E-state index is 13.0. The van der Waals surface area contributed by atoms with E-state index in [0.29, 0.717) is 36.7 Å². The minimum Gasteiger partial charge on any atom is -0.341 e. The van der Waals surface area contributed by atoms with Crippen molar-refractivity contribution >= 4 is 27.6 Å². The molecular weight excluding hydrogens is 402 g/mol. The molecule has 4 heterocycles. The normalized spacial score (nSPS) is 19.3. The highest BCUT2D eigenvalue weighted by Crippen LogP contribution is 2.38. The summed E-state index contributed by atoms with van der Waals surface area (Å²) in [6.07, 6.45) is 7.05. The van der Waals surface area contributed by atoms with Gasteiger partial charge in [0.2, 0.25) is 21.9 Å². The van der Waals surface area contributed by atoms with Crippen molar-refractivity contribution in [3.05, 3.63) is 41.7 Å². The number of carbonyl (C=O) groups is 1. The molecule has 1 aromatic heterocycles. The summed E-state index contributed by atoms with van der Waals surface area (Å²) in [6, 6.07) is 5.30. The fourth-order valence-electron chi connectivity index (χ4n) is 4.68. The van der Waals surface area contributed by atoms with Crippen LogP contribution in [0.1, 0.15) is 30.4 Å². The van der Waals surface area contributed by atoms with Gasteiger partial charge in [-0.05, 0) is 60.9 Å². The number of aryl methyl sites for hydroxylation is 1. The van der Waals surface area contributed by atoms with Crippen molar-refractivity contribution in [2.24, 2.45) is 5.92 Å². The molecule has 0 aliphatic carbocycles. The SMILES string of the molecule is O=C1CCc2cc(S(=O)(=O)NCC3CCN(c4ncccn4)CC3)cc3c2N1CC3. The van der Waals surface area contributed by atoms with E-state index in [1.165, 1.54) is 0 Å². The first-order valence-electron chi connectivity index (χ1n) is 10.5. The van der Waals surface area contributed by atoms with Gasteiger partial charge >= 0.3 is 0 Å². The average molecular weight is 428 g/mol. The molecule has 8 nitrogen and oxygen atoms in total. The molecule has 3 aliphatic heterocycles. The Labute approximate surface area is 176 Å². The predicted molar refractivity (Wildman–Crippen MR) is 113 cm³/mol. The molecule has 0 spiro atoms. The standard InChI is InChI=1S/C21H25N5O3S/c27-19-3-2-16-12-18(13-17-6-11-26(19)20(16)17)30(28,29)24-14-15-4-9-25(10-5-15)21-22-7-1-8-23-21/h1,7-8,12-13,15,24H,2-6,9-11,14H2. The highest BCUT2D eigenvalue weighted by Gasteiger charge is 2.33. The quantitative estimate of drug-likeness (QED) is 0.777. The number of anilines is 2. The molecule has 0 bridgehead atoms. The lowest BCUT2D eigenvalue weighted by Crippen LogP contribution is -2.39. The van der Waals surface area contributed by atoms with Crippen LogP contribution in [0.3, 0.4) is 0 Å². The van der Waals surface area contributed by atoms with E-state index in [2.05, 4.69) is 19.6 Å². The molecule has 0 unspecified atom stereocenters. The number of amides is 1. The maximum Gasteiger partial charge on any atom is 0.240 e. The average Bonchev–Trinajstić information content (AvgIpc) is 3.21. The Balaban J connectivity index is 1.24. The van der Waals surface area contributed by atoms with Crippen LogP contribution in [0.15, 0.2) is 35.5 Å². The van der Waals surface area contributed by atoms with E-state index in [1.807, 2.05) is 4.90 Å². The largest absolute Gasteiger partial charge is 0.341 e. The number of hydrogen-bond donors (Lipinski definition) is 1. The number of nitrogens with zero attached hydrogens (tertiary/aromatic N) is 4. The van der Waals surface area contributed by atoms with Crippen LogP contribution in [0.2, 0.25) is 0 Å². The monoisotopic (exact) mass is 427 g/mol. The summed E-state index contributed by atoms with van der Waals surface area (Å²) in [5.74, 6) is 1.17. The zero-order valence-corrected chi connectivity index (χ0v) is 17.6. The van der Waals surface area contributed by atoms with Gasteiger partial charge in [0.25, 0.3) is 0 Å². The molecule has 158 valence electrons. The van der Waals surface area contributed by atoms with Gasteiger partial charge in [-0.3, -0.25) is 4.79 Å². The zero-order valence-electron chi connectivity index (χ0n) is 16.7. The second-order valence-corrected chi connectivity index (χ2v) is 9.98. The van der Waals surface area contributed by atoms with Crippen LogP contribution >= 0.6 is 0 Å². The summed E-state index contributed by atoms with van der Waals surface area (Å²) in [7, 11) is -3.58. The molecule has 0 atom stereocenters. The first kappa shape index (κ1) is 19.4. The van der Waals surface area contributed by atoms with Crippen LogP contribution in [-0.2, 0) is 27.7 Å². The van der Waals surface area contributed by atoms with Crippen molar-refractivity contribution in [2.45, 2.75) is 37.0 Å². The van der Waals surface area contributed by atoms with E-state index in [9.17, 15) is 13.2 Å². The van der Waals surface area contributed by atoms with Crippen LogP contribution in [-0.4, -0.2) is 50.5 Å². The van der Waals surface area contributed by atoms with E-state index in [-0.39, 0.29) is 5.91 Å². The lowest BCUT2D eigenvalue weighted by atomic mass is 9.97. The van der Waals surface area contributed by atoms with Gasteiger partial charge in [-0.1, -0.05) is 0 Å². The van der Waals surface area contributed by atoms with Crippen LogP contribution in [0.4, 0.5) is 11.6 Å². The lowest BCUT2D eigenvalue weighted by Gasteiger charge is -2.32.